The summed E-state index contributed by atoms with van der Waals surface area (Å²) in [6.07, 6.45) is 4.21. The van der Waals surface area contributed by atoms with Gasteiger partial charge in [0.25, 0.3) is 0 Å². The first kappa shape index (κ1) is 9.13. The number of hydrogen-bond donors (Lipinski definition) is 0. The third-order valence-corrected chi connectivity index (χ3v) is 3.20. The Morgan fingerprint density at radius 3 is 2.77 bits per heavy atom. The van der Waals surface area contributed by atoms with Crippen molar-refractivity contribution in [1.82, 2.24) is 0 Å². The number of carbonyl (C=O) groups is 1. The Balaban J connectivity index is 1.79. The molecule has 2 rings (SSSR count). The lowest BCUT2D eigenvalue weighted by molar-refractivity contribution is 0.0124. The second kappa shape index (κ2) is 3.74. The van der Waals surface area contributed by atoms with Crippen molar-refractivity contribution in [3.63, 3.8) is 0 Å². The van der Waals surface area contributed by atoms with E-state index in [0.717, 1.165) is 12.3 Å². The van der Waals surface area contributed by atoms with Crippen LogP contribution in [0.15, 0.2) is 0 Å². The lowest BCUT2D eigenvalue weighted by atomic mass is 9.98. The average Bonchev–Trinajstić information content (AvgIpc) is 2.65. The zero-order valence-electron chi connectivity index (χ0n) is 7.37. The maximum atomic E-state index is 10.9. The van der Waals surface area contributed by atoms with E-state index in [1.54, 1.807) is 0 Å². The topological polar surface area (TPSA) is 35.5 Å². The Labute approximate surface area is 82.3 Å². The van der Waals surface area contributed by atoms with E-state index in [1.165, 1.54) is 19.3 Å². The molecule has 74 valence electrons. The number of alkyl halides is 1. The van der Waals surface area contributed by atoms with Crippen LogP contribution in [0.5, 0.6) is 0 Å². The van der Waals surface area contributed by atoms with E-state index in [9.17, 15) is 4.79 Å². The van der Waals surface area contributed by atoms with Gasteiger partial charge in [-0.1, -0.05) is 11.6 Å². The van der Waals surface area contributed by atoms with Gasteiger partial charge < -0.3 is 9.47 Å². The van der Waals surface area contributed by atoms with Gasteiger partial charge in [-0.15, -0.1) is 0 Å². The van der Waals surface area contributed by atoms with Crippen LogP contribution in [0.4, 0.5) is 4.79 Å². The number of hydrogen-bond acceptors (Lipinski definition) is 3. The molecule has 4 heteroatoms. The highest BCUT2D eigenvalue weighted by atomic mass is 35.5. The van der Waals surface area contributed by atoms with Crippen LogP contribution in [0.3, 0.4) is 0 Å². The smallest absolute Gasteiger partial charge is 0.431 e. The third-order valence-electron chi connectivity index (χ3n) is 3.09. The largest absolute Gasteiger partial charge is 0.509 e. The van der Waals surface area contributed by atoms with Crippen LogP contribution >= 0.6 is 11.6 Å². The van der Waals surface area contributed by atoms with Crippen molar-refractivity contribution in [3.05, 3.63) is 0 Å². The van der Waals surface area contributed by atoms with E-state index in [0.29, 0.717) is 5.92 Å². The van der Waals surface area contributed by atoms with Crippen LogP contribution in [-0.2, 0) is 9.47 Å². The van der Waals surface area contributed by atoms with Crippen LogP contribution in [0.2, 0.25) is 0 Å². The first-order valence-corrected chi connectivity index (χ1v) is 5.22. The molecule has 0 heterocycles. The monoisotopic (exact) mass is 204 g/mol. The van der Waals surface area contributed by atoms with E-state index in [2.05, 4.69) is 4.74 Å². The minimum absolute atomic E-state index is 0.0921. The molecule has 2 fully saturated rings. The summed E-state index contributed by atoms with van der Waals surface area (Å²) in [5.41, 5.74) is 0. The molecular formula is C9H13ClO3. The van der Waals surface area contributed by atoms with Crippen molar-refractivity contribution >= 4 is 17.8 Å². The molecule has 3 nitrogen and oxygen atoms in total. The molecular weight excluding hydrogens is 192 g/mol. The summed E-state index contributed by atoms with van der Waals surface area (Å²) in [4.78, 5) is 10.9. The molecule has 2 saturated carbocycles. The van der Waals surface area contributed by atoms with Crippen molar-refractivity contribution in [2.24, 2.45) is 11.8 Å². The summed E-state index contributed by atoms with van der Waals surface area (Å²) in [6, 6.07) is -0.125. The second-order valence-corrected chi connectivity index (χ2v) is 4.05. The van der Waals surface area contributed by atoms with Gasteiger partial charge in [-0.3, -0.25) is 0 Å². The lowest BCUT2D eigenvalue weighted by Crippen LogP contribution is -2.24. The van der Waals surface area contributed by atoms with E-state index in [-0.39, 0.29) is 12.2 Å². The van der Waals surface area contributed by atoms with Gasteiger partial charge in [-0.2, -0.15) is 0 Å². The van der Waals surface area contributed by atoms with Crippen molar-refractivity contribution < 1.29 is 14.3 Å². The minimum Gasteiger partial charge on any atom is -0.431 e. The number of rotatable bonds is 2. The van der Waals surface area contributed by atoms with Gasteiger partial charge in [0.15, 0.2) is 6.07 Å². The number of carbonyl (C=O) groups excluding carboxylic acids is 1. The van der Waals surface area contributed by atoms with Crippen molar-refractivity contribution in [1.29, 1.82) is 0 Å². The standard InChI is InChI=1S/C9H13ClO3/c10-5-12-9(11)13-8-4-6-1-2-7(8)3-6/h6-8H,1-5H2/t6-,7-,8+/m1/s1. The van der Waals surface area contributed by atoms with Crippen LogP contribution in [0.1, 0.15) is 25.7 Å². The maximum Gasteiger partial charge on any atom is 0.509 e. The SMILES string of the molecule is O=C(OCCl)O[C@H]1C[C@@H]2CC[C@@H]1C2. The first-order chi connectivity index (χ1) is 6.29. The van der Waals surface area contributed by atoms with Crippen molar-refractivity contribution in [2.45, 2.75) is 31.8 Å². The molecule has 0 aromatic carbocycles. The molecule has 0 amide bonds. The highest BCUT2D eigenvalue weighted by Gasteiger charge is 2.41. The molecule has 0 saturated heterocycles. The maximum absolute atomic E-state index is 10.9. The van der Waals surface area contributed by atoms with Crippen LogP contribution in [0.25, 0.3) is 0 Å². The quantitative estimate of drug-likeness (QED) is 0.512. The average molecular weight is 205 g/mol. The molecule has 2 aliphatic rings. The van der Waals surface area contributed by atoms with E-state index < -0.39 is 6.16 Å². The summed E-state index contributed by atoms with van der Waals surface area (Å²) in [5, 5.41) is 0. The van der Waals surface area contributed by atoms with Crippen LogP contribution < -0.4 is 0 Å². The number of halogens is 1. The fourth-order valence-electron chi connectivity index (χ4n) is 2.53. The normalized spacial score (nSPS) is 36.2. The summed E-state index contributed by atoms with van der Waals surface area (Å²) < 4.78 is 9.66. The van der Waals surface area contributed by atoms with Gasteiger partial charge in [0, 0.05) is 0 Å². The highest BCUT2D eigenvalue weighted by molar-refractivity contribution is 6.17. The second-order valence-electron chi connectivity index (χ2n) is 3.83. The molecule has 2 bridgehead atoms. The molecule has 0 spiro atoms. The van der Waals surface area contributed by atoms with Gasteiger partial charge in [-0.25, -0.2) is 4.79 Å². The van der Waals surface area contributed by atoms with E-state index in [1.807, 2.05) is 0 Å². The number of ether oxygens (including phenoxy) is 2. The van der Waals surface area contributed by atoms with E-state index in [4.69, 9.17) is 16.3 Å². The molecule has 0 aromatic heterocycles. The highest BCUT2D eigenvalue weighted by Crippen LogP contribution is 2.45. The third kappa shape index (κ3) is 1.90. The summed E-state index contributed by atoms with van der Waals surface area (Å²) in [5.74, 6) is 1.35. The van der Waals surface area contributed by atoms with E-state index >= 15 is 0 Å². The Morgan fingerprint density at radius 2 is 2.23 bits per heavy atom. The number of fused-ring (bicyclic) bond motifs is 2. The Bertz CT molecular complexity index is 207. The van der Waals surface area contributed by atoms with Gasteiger partial charge in [-0.05, 0) is 37.5 Å². The predicted molar refractivity (Wildman–Crippen MR) is 47.5 cm³/mol. The Hall–Kier alpha value is -0.440. The van der Waals surface area contributed by atoms with Gasteiger partial charge in [0.05, 0.1) is 0 Å². The van der Waals surface area contributed by atoms with Gasteiger partial charge in [0.1, 0.15) is 6.10 Å². The molecule has 2 aliphatic carbocycles. The summed E-state index contributed by atoms with van der Waals surface area (Å²) in [6.45, 7) is 0. The molecule has 0 radical (unpaired) electrons. The summed E-state index contributed by atoms with van der Waals surface area (Å²) >= 11 is 5.24. The van der Waals surface area contributed by atoms with Gasteiger partial charge in [0.2, 0.25) is 0 Å². The van der Waals surface area contributed by atoms with Crippen LogP contribution in [0, 0.1) is 11.8 Å². The Kier molecular flexibility index (Phi) is 2.63. The molecule has 0 unspecified atom stereocenters. The minimum atomic E-state index is -0.618. The molecule has 0 aromatic rings. The van der Waals surface area contributed by atoms with Crippen molar-refractivity contribution in [3.8, 4) is 0 Å². The fourth-order valence-corrected chi connectivity index (χ4v) is 2.62. The summed E-state index contributed by atoms with van der Waals surface area (Å²) in [7, 11) is 0. The zero-order chi connectivity index (χ0) is 9.26. The van der Waals surface area contributed by atoms with Crippen LogP contribution in [-0.4, -0.2) is 18.3 Å². The van der Waals surface area contributed by atoms with Gasteiger partial charge >= 0.3 is 6.16 Å². The lowest BCUT2D eigenvalue weighted by Gasteiger charge is -2.20. The first-order valence-electron chi connectivity index (χ1n) is 4.69. The molecule has 3 atom stereocenters. The predicted octanol–water partition coefficient (Wildman–Crippen LogP) is 2.52. The Morgan fingerprint density at radius 1 is 1.38 bits per heavy atom. The zero-order valence-corrected chi connectivity index (χ0v) is 8.13. The van der Waals surface area contributed by atoms with Crippen molar-refractivity contribution in [2.75, 3.05) is 6.07 Å². The fraction of sp³-hybridized carbons (Fsp3) is 0.889. The molecule has 13 heavy (non-hydrogen) atoms. The molecule has 0 aliphatic heterocycles. The molecule has 0 N–H and O–H groups in total.